The number of anilines is 1. The Balaban J connectivity index is 1.62. The first kappa shape index (κ1) is 18.0. The van der Waals surface area contributed by atoms with Gasteiger partial charge in [-0.3, -0.25) is 9.59 Å². The number of amides is 2. The van der Waals surface area contributed by atoms with Crippen molar-refractivity contribution in [2.45, 2.75) is 70.8 Å². The van der Waals surface area contributed by atoms with Crippen molar-refractivity contribution in [1.29, 1.82) is 0 Å². The summed E-state index contributed by atoms with van der Waals surface area (Å²) in [4.78, 5) is 27.0. The highest BCUT2D eigenvalue weighted by Gasteiger charge is 2.36. The van der Waals surface area contributed by atoms with Crippen LogP contribution in [0.3, 0.4) is 0 Å². The summed E-state index contributed by atoms with van der Waals surface area (Å²) >= 11 is 0. The number of hydrogen-bond donors (Lipinski definition) is 1. The monoisotopic (exact) mass is 342 g/mol. The second-order valence-corrected chi connectivity index (χ2v) is 7.44. The quantitative estimate of drug-likeness (QED) is 0.904. The van der Waals surface area contributed by atoms with E-state index in [-0.39, 0.29) is 17.7 Å². The van der Waals surface area contributed by atoms with E-state index in [1.165, 1.54) is 32.1 Å². The van der Waals surface area contributed by atoms with Gasteiger partial charge < -0.3 is 10.2 Å². The summed E-state index contributed by atoms with van der Waals surface area (Å²) in [5.74, 6) is -0.0861. The molecule has 4 heteroatoms. The maximum absolute atomic E-state index is 12.7. The number of hydrogen-bond acceptors (Lipinski definition) is 2. The molecule has 1 heterocycles. The van der Waals surface area contributed by atoms with Crippen LogP contribution in [0.15, 0.2) is 24.3 Å². The van der Waals surface area contributed by atoms with Crippen molar-refractivity contribution in [3.05, 3.63) is 29.8 Å². The highest BCUT2D eigenvalue weighted by atomic mass is 16.2. The van der Waals surface area contributed by atoms with Crippen LogP contribution in [0.1, 0.15) is 63.9 Å². The third-order valence-corrected chi connectivity index (χ3v) is 5.61. The molecular formula is C21H30N2O2. The first-order chi connectivity index (χ1) is 12.2. The standard InChI is InChI=1S/C21H30N2O2/c1-2-16-10-8-9-13-19(16)23-15-17(14-20(23)24)21(25)22-18-11-6-4-3-5-7-12-18/h8-10,13,17-18H,2-7,11-12,14-15H2,1H3,(H,22,25). The number of nitrogens with one attached hydrogen (secondary N) is 1. The molecule has 0 spiro atoms. The largest absolute Gasteiger partial charge is 0.353 e. The number of para-hydroxylation sites is 1. The van der Waals surface area contributed by atoms with Gasteiger partial charge in [-0.05, 0) is 30.9 Å². The molecule has 1 aliphatic carbocycles. The van der Waals surface area contributed by atoms with Gasteiger partial charge in [0, 0.05) is 24.7 Å². The number of carbonyl (C=O) groups is 2. The highest BCUT2D eigenvalue weighted by molar-refractivity contribution is 6.00. The molecule has 1 saturated heterocycles. The summed E-state index contributed by atoms with van der Waals surface area (Å²) in [6.45, 7) is 2.60. The Morgan fingerprint density at radius 2 is 1.80 bits per heavy atom. The molecule has 136 valence electrons. The Hall–Kier alpha value is -1.84. The van der Waals surface area contributed by atoms with Crippen molar-refractivity contribution in [3.63, 3.8) is 0 Å². The maximum atomic E-state index is 12.7. The van der Waals surface area contributed by atoms with E-state index in [0.717, 1.165) is 30.5 Å². The predicted octanol–water partition coefficient (Wildman–Crippen LogP) is 3.83. The summed E-state index contributed by atoms with van der Waals surface area (Å²) < 4.78 is 0. The summed E-state index contributed by atoms with van der Waals surface area (Å²) in [5.41, 5.74) is 2.13. The van der Waals surface area contributed by atoms with Crippen LogP contribution in [0.25, 0.3) is 0 Å². The second-order valence-electron chi connectivity index (χ2n) is 7.44. The van der Waals surface area contributed by atoms with Gasteiger partial charge in [-0.1, -0.05) is 57.2 Å². The average Bonchev–Trinajstić information content (AvgIpc) is 2.99. The molecule has 1 aliphatic heterocycles. The smallest absolute Gasteiger partial charge is 0.227 e. The fourth-order valence-corrected chi connectivity index (χ4v) is 4.11. The molecule has 1 saturated carbocycles. The average molecular weight is 342 g/mol. The summed E-state index contributed by atoms with van der Waals surface area (Å²) in [6, 6.07) is 8.31. The lowest BCUT2D eigenvalue weighted by Crippen LogP contribution is -2.40. The third kappa shape index (κ3) is 4.42. The van der Waals surface area contributed by atoms with Crippen molar-refractivity contribution in [2.24, 2.45) is 5.92 Å². The molecule has 25 heavy (non-hydrogen) atoms. The van der Waals surface area contributed by atoms with E-state index in [0.29, 0.717) is 19.0 Å². The topological polar surface area (TPSA) is 49.4 Å². The molecule has 2 fully saturated rings. The molecule has 3 rings (SSSR count). The van der Waals surface area contributed by atoms with Gasteiger partial charge >= 0.3 is 0 Å². The zero-order chi connectivity index (χ0) is 17.6. The minimum absolute atomic E-state index is 0.0652. The molecule has 0 bridgehead atoms. The number of rotatable bonds is 4. The second kappa shape index (κ2) is 8.50. The van der Waals surface area contributed by atoms with Crippen LogP contribution in [0, 0.1) is 5.92 Å². The molecule has 1 atom stereocenters. The van der Waals surface area contributed by atoms with E-state index >= 15 is 0 Å². The number of nitrogens with zero attached hydrogens (tertiary/aromatic N) is 1. The van der Waals surface area contributed by atoms with Gasteiger partial charge in [0.15, 0.2) is 0 Å². The lowest BCUT2D eigenvalue weighted by Gasteiger charge is -2.23. The van der Waals surface area contributed by atoms with Gasteiger partial charge in [-0.25, -0.2) is 0 Å². The molecular weight excluding hydrogens is 312 g/mol. The first-order valence-corrected chi connectivity index (χ1v) is 9.87. The van der Waals surface area contributed by atoms with E-state index in [9.17, 15) is 9.59 Å². The van der Waals surface area contributed by atoms with Crippen molar-refractivity contribution in [1.82, 2.24) is 5.32 Å². The molecule has 1 N–H and O–H groups in total. The van der Waals surface area contributed by atoms with Crippen LogP contribution in [0.2, 0.25) is 0 Å². The molecule has 0 aromatic heterocycles. The van der Waals surface area contributed by atoms with Crippen LogP contribution in [-0.2, 0) is 16.0 Å². The lowest BCUT2D eigenvalue weighted by atomic mass is 9.96. The predicted molar refractivity (Wildman–Crippen MR) is 101 cm³/mol. The minimum atomic E-state index is -0.220. The fraction of sp³-hybridized carbons (Fsp3) is 0.619. The number of carbonyl (C=O) groups excluding carboxylic acids is 2. The molecule has 1 unspecified atom stereocenters. The van der Waals surface area contributed by atoms with Gasteiger partial charge in [-0.15, -0.1) is 0 Å². The molecule has 2 aliphatic rings. The van der Waals surface area contributed by atoms with Gasteiger partial charge in [0.25, 0.3) is 0 Å². The van der Waals surface area contributed by atoms with Crippen LogP contribution in [-0.4, -0.2) is 24.4 Å². The van der Waals surface area contributed by atoms with E-state index in [4.69, 9.17) is 0 Å². The fourth-order valence-electron chi connectivity index (χ4n) is 4.11. The van der Waals surface area contributed by atoms with Crippen LogP contribution >= 0.6 is 0 Å². The Morgan fingerprint density at radius 1 is 1.12 bits per heavy atom. The maximum Gasteiger partial charge on any atom is 0.227 e. The summed E-state index contributed by atoms with van der Waals surface area (Å²) in [7, 11) is 0. The highest BCUT2D eigenvalue weighted by Crippen LogP contribution is 2.29. The molecule has 1 aromatic carbocycles. The van der Waals surface area contributed by atoms with Crippen LogP contribution in [0.5, 0.6) is 0 Å². The van der Waals surface area contributed by atoms with Gasteiger partial charge in [-0.2, -0.15) is 0 Å². The van der Waals surface area contributed by atoms with Gasteiger partial charge in [0.2, 0.25) is 11.8 Å². The van der Waals surface area contributed by atoms with E-state index < -0.39 is 0 Å². The van der Waals surface area contributed by atoms with E-state index in [2.05, 4.69) is 18.3 Å². The minimum Gasteiger partial charge on any atom is -0.353 e. The van der Waals surface area contributed by atoms with E-state index in [1.54, 1.807) is 4.90 Å². The molecule has 0 radical (unpaired) electrons. The van der Waals surface area contributed by atoms with Crippen LogP contribution < -0.4 is 10.2 Å². The molecule has 1 aromatic rings. The zero-order valence-electron chi connectivity index (χ0n) is 15.3. The normalized spacial score (nSPS) is 22.5. The number of aryl methyl sites for hydroxylation is 1. The Morgan fingerprint density at radius 3 is 2.52 bits per heavy atom. The lowest BCUT2D eigenvalue weighted by molar-refractivity contribution is -0.127. The molecule has 4 nitrogen and oxygen atoms in total. The zero-order valence-corrected chi connectivity index (χ0v) is 15.3. The SMILES string of the molecule is CCc1ccccc1N1CC(C(=O)NC2CCCCCCC2)CC1=O. The van der Waals surface area contributed by atoms with Crippen molar-refractivity contribution >= 4 is 17.5 Å². The summed E-state index contributed by atoms with van der Waals surface area (Å²) in [5, 5.41) is 3.23. The van der Waals surface area contributed by atoms with Crippen molar-refractivity contribution in [2.75, 3.05) is 11.4 Å². The Kier molecular flexibility index (Phi) is 6.11. The molecule has 2 amide bonds. The van der Waals surface area contributed by atoms with Crippen molar-refractivity contribution in [3.8, 4) is 0 Å². The van der Waals surface area contributed by atoms with Crippen LogP contribution in [0.4, 0.5) is 5.69 Å². The van der Waals surface area contributed by atoms with Gasteiger partial charge in [0.05, 0.1) is 5.92 Å². The number of benzene rings is 1. The Labute approximate surface area is 151 Å². The summed E-state index contributed by atoms with van der Waals surface area (Å²) in [6.07, 6.45) is 9.64. The van der Waals surface area contributed by atoms with E-state index in [1.807, 2.05) is 18.2 Å². The Bertz CT molecular complexity index is 606. The van der Waals surface area contributed by atoms with Gasteiger partial charge in [0.1, 0.15) is 0 Å². The third-order valence-electron chi connectivity index (χ3n) is 5.61. The van der Waals surface area contributed by atoms with Crippen molar-refractivity contribution < 1.29 is 9.59 Å². The first-order valence-electron chi connectivity index (χ1n) is 9.87.